The number of aryl methyl sites for hydroxylation is 1. The number of rotatable bonds is 8. The molecule has 0 radical (unpaired) electrons. The molecule has 0 unspecified atom stereocenters. The summed E-state index contributed by atoms with van der Waals surface area (Å²) in [5.74, 6) is 0.399. The van der Waals surface area contributed by atoms with E-state index < -0.39 is 5.79 Å². The number of anilines is 1. The van der Waals surface area contributed by atoms with E-state index in [0.717, 1.165) is 0 Å². The summed E-state index contributed by atoms with van der Waals surface area (Å²) in [6.45, 7) is 13.9. The molecule has 0 saturated carbocycles. The lowest BCUT2D eigenvalue weighted by atomic mass is 10.00. The molecule has 1 aliphatic heterocycles. The van der Waals surface area contributed by atoms with Crippen molar-refractivity contribution in [2.75, 3.05) is 18.9 Å². The van der Waals surface area contributed by atoms with Crippen molar-refractivity contribution in [3.8, 4) is 34.4 Å². The van der Waals surface area contributed by atoms with Gasteiger partial charge < -0.3 is 24.4 Å². The van der Waals surface area contributed by atoms with E-state index in [0.29, 0.717) is 63.6 Å². The third kappa shape index (κ3) is 6.18. The highest BCUT2D eigenvalue weighted by Crippen LogP contribution is 2.42. The van der Waals surface area contributed by atoms with Crippen LogP contribution in [-0.2, 0) is 15.2 Å². The van der Waals surface area contributed by atoms with Crippen molar-refractivity contribution in [2.24, 2.45) is 0 Å². The Morgan fingerprint density at radius 3 is 2.63 bits per heavy atom. The number of nitrogens with two attached hydrogens (primary N) is 1. The highest BCUT2D eigenvalue weighted by Gasteiger charge is 2.33. The smallest absolute Gasteiger partial charge is 0.236 e. The van der Waals surface area contributed by atoms with Crippen LogP contribution in [0.15, 0.2) is 58.2 Å². The molecular weight excluding hydrogens is 545 g/mol. The molecule has 9 nitrogen and oxygen atoms in total. The summed E-state index contributed by atoms with van der Waals surface area (Å²) in [5, 5.41) is 10.5. The van der Waals surface area contributed by atoms with Crippen LogP contribution in [0.2, 0.25) is 0 Å². The van der Waals surface area contributed by atoms with Gasteiger partial charge in [0.2, 0.25) is 11.6 Å². The van der Waals surface area contributed by atoms with Crippen molar-refractivity contribution >= 4 is 23.3 Å². The minimum atomic E-state index is -0.629. The van der Waals surface area contributed by atoms with Crippen LogP contribution in [0.5, 0.6) is 5.75 Å². The van der Waals surface area contributed by atoms with Crippen LogP contribution in [0.3, 0.4) is 0 Å². The van der Waals surface area contributed by atoms with Crippen molar-refractivity contribution in [1.82, 2.24) is 9.97 Å². The minimum absolute atomic E-state index is 0.0282. The van der Waals surface area contributed by atoms with Gasteiger partial charge in [-0.05, 0) is 62.2 Å². The summed E-state index contributed by atoms with van der Waals surface area (Å²) in [7, 11) is 0. The van der Waals surface area contributed by atoms with E-state index in [1.165, 1.54) is 24.1 Å². The number of nitriles is 1. The maximum atomic E-state index is 13.6. The highest BCUT2D eigenvalue weighted by molar-refractivity contribution is 7.98. The molecule has 1 atom stereocenters. The number of nitrogens with zero attached hydrogens (tertiary/aromatic N) is 4. The summed E-state index contributed by atoms with van der Waals surface area (Å²) in [6.07, 6.45) is 1.33. The molecule has 3 heterocycles. The molecule has 11 heteroatoms. The van der Waals surface area contributed by atoms with E-state index in [1.807, 2.05) is 13.8 Å². The van der Waals surface area contributed by atoms with Crippen molar-refractivity contribution in [1.29, 1.82) is 5.26 Å². The molecule has 41 heavy (non-hydrogen) atoms. The maximum absolute atomic E-state index is 13.6. The molecule has 1 saturated heterocycles. The first-order chi connectivity index (χ1) is 19.7. The van der Waals surface area contributed by atoms with Gasteiger partial charge in [0.25, 0.3) is 0 Å². The molecule has 0 bridgehead atoms. The lowest BCUT2D eigenvalue weighted by molar-refractivity contribution is -0.141. The van der Waals surface area contributed by atoms with Crippen LogP contribution in [0.4, 0.5) is 15.9 Å². The number of nitrogen functional groups attached to an aromatic ring is 1. The first-order valence-electron chi connectivity index (χ1n) is 12.7. The molecule has 0 spiro atoms. The molecule has 1 aliphatic rings. The molecule has 208 valence electrons. The zero-order valence-electron chi connectivity index (χ0n) is 22.6. The average Bonchev–Trinajstić information content (AvgIpc) is 3.58. The molecule has 0 aliphatic carbocycles. The van der Waals surface area contributed by atoms with Gasteiger partial charge in [0.15, 0.2) is 5.79 Å². The number of pyridine rings is 1. The van der Waals surface area contributed by atoms with Crippen LogP contribution >= 0.6 is 11.8 Å². The third-order valence-electron chi connectivity index (χ3n) is 6.35. The van der Waals surface area contributed by atoms with Gasteiger partial charge in [0.1, 0.15) is 47.5 Å². The molecule has 4 aromatic rings. The Balaban J connectivity index is 1.35. The van der Waals surface area contributed by atoms with Gasteiger partial charge in [-0.2, -0.15) is 5.26 Å². The average molecular weight is 572 g/mol. The fraction of sp³-hybridized carbons (Fsp3) is 0.267. The molecule has 2 aromatic carbocycles. The maximum Gasteiger partial charge on any atom is 0.236 e. The van der Waals surface area contributed by atoms with Gasteiger partial charge in [-0.15, -0.1) is 0 Å². The second-order valence-electron chi connectivity index (χ2n) is 9.81. The van der Waals surface area contributed by atoms with Gasteiger partial charge in [-0.1, -0.05) is 23.9 Å². The summed E-state index contributed by atoms with van der Waals surface area (Å²) >= 11 is 1.26. The summed E-state index contributed by atoms with van der Waals surface area (Å²) in [4.78, 5) is 12.4. The Morgan fingerprint density at radius 2 is 1.98 bits per heavy atom. The largest absolute Gasteiger partial charge is 0.491 e. The summed E-state index contributed by atoms with van der Waals surface area (Å²) < 4.78 is 36.4. The quantitative estimate of drug-likeness (QED) is 0.182. The number of ether oxygens (including phenoxy) is 3. The molecule has 5 rings (SSSR count). The Morgan fingerprint density at radius 1 is 1.22 bits per heavy atom. The highest BCUT2D eigenvalue weighted by atomic mass is 32.2. The molecule has 1 fully saturated rings. The zero-order valence-corrected chi connectivity index (χ0v) is 23.4. The molecule has 2 N–H and O–H groups in total. The van der Waals surface area contributed by atoms with E-state index >= 15 is 0 Å². The predicted molar refractivity (Wildman–Crippen MR) is 152 cm³/mol. The van der Waals surface area contributed by atoms with Crippen LogP contribution < -0.4 is 10.5 Å². The molecule has 0 amide bonds. The fourth-order valence-electron chi connectivity index (χ4n) is 4.35. The topological polar surface area (TPSA) is 121 Å². The van der Waals surface area contributed by atoms with Gasteiger partial charge in [0.05, 0.1) is 24.4 Å². The Bertz CT molecular complexity index is 1670. The monoisotopic (exact) mass is 571 g/mol. The second-order valence-corrected chi connectivity index (χ2v) is 10.8. The van der Waals surface area contributed by atoms with Crippen molar-refractivity contribution in [3.63, 3.8) is 0 Å². The lowest BCUT2D eigenvalue weighted by Gasteiger charge is -2.17. The van der Waals surface area contributed by atoms with E-state index in [1.54, 1.807) is 43.3 Å². The fourth-order valence-corrected chi connectivity index (χ4v) is 5.22. The number of benzene rings is 2. The first-order valence-corrected chi connectivity index (χ1v) is 13.7. The minimum Gasteiger partial charge on any atom is -0.491 e. The Kier molecular flexibility index (Phi) is 7.95. The van der Waals surface area contributed by atoms with Crippen LogP contribution in [0.1, 0.15) is 30.7 Å². The zero-order chi connectivity index (χ0) is 29.1. The molecule has 2 aromatic heterocycles. The van der Waals surface area contributed by atoms with Crippen molar-refractivity contribution in [3.05, 3.63) is 82.8 Å². The number of aromatic nitrogens is 2. The standard InChI is InChI=1S/C30H26FN5O4S/c1-17-11-19(7-10-24(17)31)28-35-20(13-38-28)16-41-29-23(12-32)25(26(34-4)27(33)36-29)18-5-8-21(9-6-18)37-14-22-15-39-30(2,3)40-22/h5-11,13,22H,14-16H2,1-3H3,(H2,33,36)/t22-/m0/s1. The number of hydrogen-bond acceptors (Lipinski definition) is 9. The van der Waals surface area contributed by atoms with Crippen molar-refractivity contribution in [2.45, 2.75) is 43.4 Å². The van der Waals surface area contributed by atoms with E-state index in [2.05, 4.69) is 20.9 Å². The number of hydrogen-bond donors (Lipinski definition) is 1. The van der Waals surface area contributed by atoms with E-state index in [-0.39, 0.29) is 29.0 Å². The van der Waals surface area contributed by atoms with Gasteiger partial charge in [-0.3, -0.25) is 0 Å². The van der Waals surface area contributed by atoms with Crippen LogP contribution in [0.25, 0.3) is 27.4 Å². The summed E-state index contributed by atoms with van der Waals surface area (Å²) in [6, 6.07) is 13.9. The first kappa shape index (κ1) is 28.1. The normalized spacial score (nSPS) is 15.8. The van der Waals surface area contributed by atoms with Crippen LogP contribution in [0, 0.1) is 30.6 Å². The van der Waals surface area contributed by atoms with Gasteiger partial charge in [0, 0.05) is 16.9 Å². The van der Waals surface area contributed by atoms with E-state index in [9.17, 15) is 9.65 Å². The Hall–Kier alpha value is -4.42. The lowest BCUT2D eigenvalue weighted by Crippen LogP contribution is -2.25. The number of halogens is 1. The SMILES string of the molecule is [C-]#[N+]c1c(N)nc(SCc2coc(-c3ccc(F)c(C)c3)n2)c(C#N)c1-c1ccc(OC[C@H]2COC(C)(C)O2)cc1. The molecular formula is C30H26FN5O4S. The van der Waals surface area contributed by atoms with Crippen LogP contribution in [-0.4, -0.2) is 35.1 Å². The van der Waals surface area contributed by atoms with Gasteiger partial charge >= 0.3 is 0 Å². The van der Waals surface area contributed by atoms with Gasteiger partial charge in [-0.25, -0.2) is 19.2 Å². The number of oxazole rings is 1. The summed E-state index contributed by atoms with van der Waals surface area (Å²) in [5.41, 5.74) is 9.30. The van der Waals surface area contributed by atoms with E-state index in [4.69, 9.17) is 30.9 Å². The predicted octanol–water partition coefficient (Wildman–Crippen LogP) is 6.68. The number of thioether (sulfide) groups is 1. The second kappa shape index (κ2) is 11.6. The van der Waals surface area contributed by atoms with Crippen molar-refractivity contribution < 1.29 is 23.0 Å². The third-order valence-corrected chi connectivity index (χ3v) is 7.36. The Labute approximate surface area is 240 Å².